The van der Waals surface area contributed by atoms with E-state index >= 15 is 13.2 Å². The van der Waals surface area contributed by atoms with Gasteiger partial charge in [0.1, 0.15) is 35.4 Å². The molecule has 13 heteroatoms. The van der Waals surface area contributed by atoms with Crippen molar-refractivity contribution in [3.63, 3.8) is 0 Å². The number of fused-ring (bicyclic) bond motifs is 6. The van der Waals surface area contributed by atoms with Crippen LogP contribution in [0.5, 0.6) is 0 Å². The largest absolute Gasteiger partial charge is 0.417 e. The van der Waals surface area contributed by atoms with Crippen LogP contribution in [0.1, 0.15) is 33.4 Å². The van der Waals surface area contributed by atoms with Crippen molar-refractivity contribution in [1.29, 1.82) is 21.0 Å². The standard InChI is InChI=1S/C40H19F3N4O4S2/c1-22-33-29-14-12-27(52(48,49)25-8-4-2-5-9-25)16-31(29)36(24(20-46)21-47)38(33)39(40(41,42)43)37-30-15-13-28(53(50,51)26-10-6-3-7-11-26)17-32(30)35(34(22)37)23(18-44)19-45/h2-17H,1H3. The van der Waals surface area contributed by atoms with Gasteiger partial charge in [0.25, 0.3) is 0 Å². The molecule has 2 aliphatic rings. The van der Waals surface area contributed by atoms with Gasteiger partial charge in [0.05, 0.1) is 25.1 Å². The number of allylic oxidation sites excluding steroid dienone is 2. The smallest absolute Gasteiger partial charge is 0.219 e. The summed E-state index contributed by atoms with van der Waals surface area (Å²) in [7, 11) is -8.42. The molecule has 0 atom stereocenters. The van der Waals surface area contributed by atoms with Crippen molar-refractivity contribution >= 4 is 30.8 Å². The van der Waals surface area contributed by atoms with Gasteiger partial charge in [-0.1, -0.05) is 48.5 Å². The van der Waals surface area contributed by atoms with Gasteiger partial charge in [-0.15, -0.1) is 0 Å². The first-order valence-electron chi connectivity index (χ1n) is 15.5. The van der Waals surface area contributed by atoms with E-state index in [4.69, 9.17) is 0 Å². The first-order chi connectivity index (χ1) is 25.2. The zero-order valence-corrected chi connectivity index (χ0v) is 28.7. The molecule has 0 N–H and O–H groups in total. The third-order valence-electron chi connectivity index (χ3n) is 9.27. The third-order valence-corrected chi connectivity index (χ3v) is 12.8. The summed E-state index contributed by atoms with van der Waals surface area (Å²) < 4.78 is 102. The molecule has 0 amide bonds. The fraction of sp³-hybridized carbons (Fsp3) is 0.0500. The molecule has 0 bridgehead atoms. The molecule has 0 radical (unpaired) electrons. The Bertz CT molecular complexity index is 2910. The van der Waals surface area contributed by atoms with E-state index in [2.05, 4.69) is 0 Å². The molecule has 0 saturated carbocycles. The topological polar surface area (TPSA) is 163 Å². The Morgan fingerprint density at radius 2 is 0.906 bits per heavy atom. The van der Waals surface area contributed by atoms with Gasteiger partial charge in [-0.05, 0) is 94.4 Å². The minimum atomic E-state index is -5.20. The molecule has 0 saturated heterocycles. The predicted octanol–water partition coefficient (Wildman–Crippen LogP) is 8.34. The van der Waals surface area contributed by atoms with Crippen LogP contribution in [0.4, 0.5) is 13.2 Å². The predicted molar refractivity (Wildman–Crippen MR) is 185 cm³/mol. The van der Waals surface area contributed by atoms with E-state index in [1.54, 1.807) is 36.4 Å². The van der Waals surface area contributed by atoms with Crippen LogP contribution in [0, 0.1) is 52.2 Å². The van der Waals surface area contributed by atoms with Crippen LogP contribution in [-0.4, -0.2) is 16.8 Å². The number of hydrogen-bond acceptors (Lipinski definition) is 8. The maximum atomic E-state index is 15.7. The Kier molecular flexibility index (Phi) is 7.97. The summed E-state index contributed by atoms with van der Waals surface area (Å²) >= 11 is 0. The molecule has 53 heavy (non-hydrogen) atoms. The zero-order chi connectivity index (χ0) is 38.0. The van der Waals surface area contributed by atoms with E-state index < -0.39 is 59.3 Å². The molecular weight excluding hydrogens is 722 g/mol. The monoisotopic (exact) mass is 740 g/mol. The molecule has 0 aliphatic heterocycles. The van der Waals surface area contributed by atoms with Crippen LogP contribution in [0.15, 0.2) is 128 Å². The van der Waals surface area contributed by atoms with Gasteiger partial charge in [0.2, 0.25) is 19.7 Å². The lowest BCUT2D eigenvalue weighted by Crippen LogP contribution is -2.13. The Morgan fingerprint density at radius 1 is 0.509 bits per heavy atom. The van der Waals surface area contributed by atoms with Gasteiger partial charge in [-0.3, -0.25) is 0 Å². The molecule has 0 spiro atoms. The first-order valence-corrected chi connectivity index (χ1v) is 18.5. The highest BCUT2D eigenvalue weighted by atomic mass is 32.2. The maximum absolute atomic E-state index is 15.7. The van der Waals surface area contributed by atoms with Crippen LogP contribution in [0.3, 0.4) is 0 Å². The second kappa shape index (κ2) is 12.2. The van der Waals surface area contributed by atoms with Gasteiger partial charge in [-0.2, -0.15) is 34.2 Å². The molecule has 0 heterocycles. The average molecular weight is 741 g/mol. The van der Waals surface area contributed by atoms with Crippen molar-refractivity contribution in [2.24, 2.45) is 0 Å². The van der Waals surface area contributed by atoms with Crippen molar-refractivity contribution in [3.05, 3.63) is 142 Å². The van der Waals surface area contributed by atoms with E-state index in [1.165, 1.54) is 73.7 Å². The van der Waals surface area contributed by atoms with Crippen molar-refractivity contribution in [2.45, 2.75) is 32.7 Å². The fourth-order valence-corrected chi connectivity index (χ4v) is 9.71. The van der Waals surface area contributed by atoms with E-state index in [-0.39, 0.29) is 64.1 Å². The fourth-order valence-electron chi connectivity index (χ4n) is 7.09. The summed E-state index contributed by atoms with van der Waals surface area (Å²) in [6.45, 7) is 1.46. The molecule has 5 aromatic rings. The van der Waals surface area contributed by atoms with Crippen LogP contribution >= 0.6 is 0 Å². The van der Waals surface area contributed by atoms with E-state index in [1.807, 2.05) is 0 Å². The number of hydrogen-bond donors (Lipinski definition) is 0. The molecule has 256 valence electrons. The highest BCUT2D eigenvalue weighted by molar-refractivity contribution is 7.91. The number of alkyl halides is 3. The normalized spacial score (nSPS) is 12.7. The number of rotatable bonds is 4. The summed E-state index contributed by atoms with van der Waals surface area (Å²) in [5, 5.41) is 40.3. The lowest BCUT2D eigenvalue weighted by atomic mass is 9.83. The quantitative estimate of drug-likeness (QED) is 0.163. The minimum Gasteiger partial charge on any atom is -0.219 e. The number of sulfone groups is 2. The molecule has 0 aromatic heterocycles. The van der Waals surface area contributed by atoms with Gasteiger partial charge in [-0.25, -0.2) is 16.8 Å². The lowest BCUT2D eigenvalue weighted by molar-refractivity contribution is -0.137. The Balaban J connectivity index is 1.62. The maximum Gasteiger partial charge on any atom is 0.417 e. The third kappa shape index (κ3) is 5.06. The summed E-state index contributed by atoms with van der Waals surface area (Å²) in [6.07, 6.45) is -5.20. The highest BCUT2D eigenvalue weighted by Crippen LogP contribution is 2.61. The van der Waals surface area contributed by atoms with Gasteiger partial charge >= 0.3 is 6.18 Å². The van der Waals surface area contributed by atoms with Gasteiger partial charge in [0, 0.05) is 22.3 Å². The zero-order valence-electron chi connectivity index (χ0n) is 27.1. The Labute approximate surface area is 301 Å². The van der Waals surface area contributed by atoms with E-state index in [0.29, 0.717) is 0 Å². The number of benzene rings is 5. The average Bonchev–Trinajstić information content (AvgIpc) is 3.66. The minimum absolute atomic E-state index is 0.0777. The summed E-state index contributed by atoms with van der Waals surface area (Å²) in [4.78, 5) is -0.769. The van der Waals surface area contributed by atoms with Crippen LogP contribution < -0.4 is 0 Å². The van der Waals surface area contributed by atoms with Crippen molar-refractivity contribution in [1.82, 2.24) is 0 Å². The second-order valence-corrected chi connectivity index (χ2v) is 15.9. The summed E-state index contributed by atoms with van der Waals surface area (Å²) in [5.41, 5.74) is -4.71. The molecule has 8 nitrogen and oxygen atoms in total. The molecule has 2 aliphatic carbocycles. The molecule has 5 aromatic carbocycles. The van der Waals surface area contributed by atoms with E-state index in [0.717, 1.165) is 18.2 Å². The van der Waals surface area contributed by atoms with E-state index in [9.17, 15) is 37.9 Å². The number of nitriles is 4. The lowest BCUT2D eigenvalue weighted by Gasteiger charge is -2.21. The first kappa shape index (κ1) is 34.7. The van der Waals surface area contributed by atoms with Crippen LogP contribution in [-0.2, 0) is 25.9 Å². The summed E-state index contributed by atoms with van der Waals surface area (Å²) in [5.74, 6) is 0. The molecular formula is C40H19F3N4O4S2. The van der Waals surface area contributed by atoms with Crippen molar-refractivity contribution < 1.29 is 30.0 Å². The number of nitrogens with zero attached hydrogens (tertiary/aromatic N) is 4. The Hall–Kier alpha value is -6.77. The molecule has 0 unspecified atom stereocenters. The molecule has 0 fully saturated rings. The van der Waals surface area contributed by atoms with Crippen LogP contribution in [0.2, 0.25) is 0 Å². The van der Waals surface area contributed by atoms with Crippen molar-refractivity contribution in [2.75, 3.05) is 0 Å². The second-order valence-electron chi connectivity index (χ2n) is 12.0. The molecule has 7 rings (SSSR count). The summed E-state index contributed by atoms with van der Waals surface area (Å²) in [6, 6.07) is 28.6. The van der Waals surface area contributed by atoms with Gasteiger partial charge < -0.3 is 0 Å². The highest BCUT2D eigenvalue weighted by Gasteiger charge is 2.47. The van der Waals surface area contributed by atoms with Crippen LogP contribution in [0.25, 0.3) is 33.4 Å². The van der Waals surface area contributed by atoms with Crippen molar-refractivity contribution in [3.8, 4) is 46.5 Å². The SMILES string of the molecule is Cc1c2c(c(C(F)(F)F)c3c1-c1ccc(S(=O)(=O)c4ccccc4)cc1C3=C(C#N)C#N)-c1ccc(S(=O)(=O)c3ccccc3)cc1C2=C(C#N)C#N. The Morgan fingerprint density at radius 3 is 1.30 bits per heavy atom. The number of halogens is 3. The van der Waals surface area contributed by atoms with Gasteiger partial charge in [0.15, 0.2) is 0 Å².